The molecule has 4 heterocycles. The topological polar surface area (TPSA) is 94.1 Å². The lowest BCUT2D eigenvalue weighted by Gasteiger charge is -2.31. The Bertz CT molecular complexity index is 1300. The van der Waals surface area contributed by atoms with Gasteiger partial charge in [-0.3, -0.25) is 14.2 Å². The molecule has 3 aromatic rings. The summed E-state index contributed by atoms with van der Waals surface area (Å²) in [5.74, 6) is 1.48. The summed E-state index contributed by atoms with van der Waals surface area (Å²) in [6.07, 6.45) is 4.45. The zero-order valence-electron chi connectivity index (χ0n) is 18.6. The van der Waals surface area contributed by atoms with Gasteiger partial charge in [0, 0.05) is 42.3 Å². The van der Waals surface area contributed by atoms with Crippen LogP contribution in [0, 0.1) is 5.82 Å². The van der Waals surface area contributed by atoms with Gasteiger partial charge in [-0.05, 0) is 56.4 Å². The van der Waals surface area contributed by atoms with Crippen LogP contribution in [0.15, 0.2) is 38.6 Å². The van der Waals surface area contributed by atoms with Crippen molar-refractivity contribution < 1.29 is 13.6 Å². The minimum absolute atomic E-state index is 0.0485. The molecule has 34 heavy (non-hydrogen) atoms. The highest BCUT2D eigenvalue weighted by Crippen LogP contribution is 2.35. The molecule has 2 aromatic heterocycles. The molecule has 0 N–H and O–H groups in total. The number of carbonyl (C=O) groups is 1. The first-order valence-electron chi connectivity index (χ1n) is 11.7. The van der Waals surface area contributed by atoms with E-state index in [4.69, 9.17) is 9.40 Å². The average molecular weight is 482 g/mol. The number of nitrogens with zero attached hydrogens (tertiary/aromatic N) is 5. The molecule has 0 saturated carbocycles. The fourth-order valence-corrected chi connectivity index (χ4v) is 6.27. The Labute approximate surface area is 199 Å². The Morgan fingerprint density at radius 2 is 1.94 bits per heavy atom. The molecule has 8 nitrogen and oxygen atoms in total. The SMILES string of the molecule is O=C(CC1CSc2nc3c(c(=O)n21)CCC3)N1CCC(c2nnc(-c3ccc(F)cc3)o2)CC1. The number of thioether (sulfide) groups is 1. The number of hydrogen-bond acceptors (Lipinski definition) is 7. The fourth-order valence-electron chi connectivity index (χ4n) is 5.12. The molecule has 1 aromatic carbocycles. The maximum Gasteiger partial charge on any atom is 0.257 e. The number of piperidine rings is 1. The molecular formula is C24H24FN5O3S. The van der Waals surface area contributed by atoms with E-state index < -0.39 is 0 Å². The number of benzene rings is 1. The Morgan fingerprint density at radius 1 is 1.15 bits per heavy atom. The normalized spacial score (nSPS) is 19.9. The molecule has 1 aliphatic carbocycles. The zero-order chi connectivity index (χ0) is 23.2. The number of amides is 1. The second-order valence-corrected chi connectivity index (χ2v) is 10.1. The van der Waals surface area contributed by atoms with Crippen LogP contribution in [0.3, 0.4) is 0 Å². The summed E-state index contributed by atoms with van der Waals surface area (Å²) < 4.78 is 20.8. The number of aromatic nitrogens is 4. The highest BCUT2D eigenvalue weighted by Gasteiger charge is 2.33. The van der Waals surface area contributed by atoms with Gasteiger partial charge in [-0.25, -0.2) is 9.37 Å². The van der Waals surface area contributed by atoms with Crippen LogP contribution in [0.1, 0.15) is 54.8 Å². The van der Waals surface area contributed by atoms with Gasteiger partial charge in [0.2, 0.25) is 17.7 Å². The van der Waals surface area contributed by atoms with Crippen molar-refractivity contribution in [1.29, 1.82) is 0 Å². The lowest BCUT2D eigenvalue weighted by molar-refractivity contribution is -0.133. The lowest BCUT2D eigenvalue weighted by atomic mass is 9.96. The van der Waals surface area contributed by atoms with Crippen molar-refractivity contribution in [1.82, 2.24) is 24.6 Å². The number of carbonyl (C=O) groups excluding carboxylic acids is 1. The highest BCUT2D eigenvalue weighted by atomic mass is 32.2. The maximum atomic E-state index is 13.2. The van der Waals surface area contributed by atoms with Crippen molar-refractivity contribution in [2.45, 2.75) is 55.6 Å². The van der Waals surface area contributed by atoms with Crippen molar-refractivity contribution >= 4 is 17.7 Å². The quantitative estimate of drug-likeness (QED) is 0.528. The monoisotopic (exact) mass is 481 g/mol. The predicted molar refractivity (Wildman–Crippen MR) is 123 cm³/mol. The van der Waals surface area contributed by atoms with Crippen LogP contribution >= 0.6 is 11.8 Å². The molecule has 1 amide bonds. The summed E-state index contributed by atoms with van der Waals surface area (Å²) in [5.41, 5.74) is 2.51. The van der Waals surface area contributed by atoms with Crippen LogP contribution in [0.25, 0.3) is 11.5 Å². The molecule has 0 radical (unpaired) electrons. The van der Waals surface area contributed by atoms with E-state index in [1.807, 2.05) is 4.90 Å². The number of halogens is 1. The summed E-state index contributed by atoms with van der Waals surface area (Å²) in [4.78, 5) is 32.6. The van der Waals surface area contributed by atoms with E-state index in [1.165, 1.54) is 12.1 Å². The molecule has 3 aliphatic rings. The Kier molecular flexibility index (Phi) is 5.47. The summed E-state index contributed by atoms with van der Waals surface area (Å²) >= 11 is 1.58. The molecule has 1 unspecified atom stereocenters. The third-order valence-corrected chi connectivity index (χ3v) is 8.11. The standard InChI is InChI=1S/C24H24FN5O3S/c25-16-6-4-14(5-7-16)21-27-28-22(33-21)15-8-10-29(11-9-15)20(31)12-17-13-34-24-26-19-3-1-2-18(19)23(32)30(17)24/h4-7,15,17H,1-3,8-13H2. The van der Waals surface area contributed by atoms with Gasteiger partial charge in [-0.1, -0.05) is 11.8 Å². The molecule has 0 spiro atoms. The maximum absolute atomic E-state index is 13.2. The second kappa shape index (κ2) is 8.65. The first kappa shape index (κ1) is 21.5. The molecule has 1 saturated heterocycles. The van der Waals surface area contributed by atoms with Gasteiger partial charge in [-0.15, -0.1) is 10.2 Å². The van der Waals surface area contributed by atoms with Gasteiger partial charge in [0.1, 0.15) is 5.82 Å². The van der Waals surface area contributed by atoms with Crippen LogP contribution in [0.4, 0.5) is 4.39 Å². The number of likely N-dealkylation sites (tertiary alicyclic amines) is 1. The molecule has 176 valence electrons. The fraction of sp³-hybridized carbons (Fsp3) is 0.458. The van der Waals surface area contributed by atoms with Gasteiger partial charge in [0.15, 0.2) is 5.16 Å². The van der Waals surface area contributed by atoms with Gasteiger partial charge >= 0.3 is 0 Å². The van der Waals surface area contributed by atoms with E-state index in [0.717, 1.165) is 48.5 Å². The largest absolute Gasteiger partial charge is 0.420 e. The van der Waals surface area contributed by atoms with Gasteiger partial charge in [-0.2, -0.15) is 0 Å². The van der Waals surface area contributed by atoms with Crippen molar-refractivity contribution in [2.24, 2.45) is 0 Å². The highest BCUT2D eigenvalue weighted by molar-refractivity contribution is 7.99. The molecular weight excluding hydrogens is 457 g/mol. The van der Waals surface area contributed by atoms with Crippen LogP contribution in [0.5, 0.6) is 0 Å². The van der Waals surface area contributed by atoms with E-state index in [2.05, 4.69) is 10.2 Å². The lowest BCUT2D eigenvalue weighted by Crippen LogP contribution is -2.39. The molecule has 0 bridgehead atoms. The van der Waals surface area contributed by atoms with Gasteiger partial charge in [0.05, 0.1) is 11.7 Å². The molecule has 2 aliphatic heterocycles. The zero-order valence-corrected chi connectivity index (χ0v) is 19.4. The summed E-state index contributed by atoms with van der Waals surface area (Å²) in [6, 6.07) is 5.82. The second-order valence-electron chi connectivity index (χ2n) is 9.12. The summed E-state index contributed by atoms with van der Waals surface area (Å²) in [6.45, 7) is 1.23. The van der Waals surface area contributed by atoms with E-state index in [9.17, 15) is 14.0 Å². The summed E-state index contributed by atoms with van der Waals surface area (Å²) in [5, 5.41) is 9.06. The van der Waals surface area contributed by atoms with Crippen molar-refractivity contribution in [2.75, 3.05) is 18.8 Å². The number of hydrogen-bond donors (Lipinski definition) is 0. The van der Waals surface area contributed by atoms with Crippen LogP contribution < -0.4 is 5.56 Å². The molecule has 6 rings (SSSR count). The smallest absolute Gasteiger partial charge is 0.257 e. The minimum atomic E-state index is -0.315. The van der Waals surface area contributed by atoms with E-state index in [0.29, 0.717) is 42.6 Å². The van der Waals surface area contributed by atoms with E-state index in [1.54, 1.807) is 28.5 Å². The van der Waals surface area contributed by atoms with Crippen LogP contribution in [-0.4, -0.2) is 49.4 Å². The number of fused-ring (bicyclic) bond motifs is 2. The van der Waals surface area contributed by atoms with Gasteiger partial charge in [0.25, 0.3) is 5.56 Å². The Morgan fingerprint density at radius 3 is 2.74 bits per heavy atom. The Hall–Kier alpha value is -3.01. The molecule has 1 fully saturated rings. The van der Waals surface area contributed by atoms with Crippen LogP contribution in [0.2, 0.25) is 0 Å². The first-order valence-corrected chi connectivity index (χ1v) is 12.7. The van der Waals surface area contributed by atoms with Crippen molar-refractivity contribution in [3.05, 3.63) is 57.6 Å². The third-order valence-electron chi connectivity index (χ3n) is 7.01. The molecule has 1 atom stereocenters. The number of rotatable bonds is 4. The van der Waals surface area contributed by atoms with Crippen molar-refractivity contribution in [3.8, 4) is 11.5 Å². The number of aryl methyl sites for hydroxylation is 1. The van der Waals surface area contributed by atoms with Crippen molar-refractivity contribution in [3.63, 3.8) is 0 Å². The average Bonchev–Trinajstić information content (AvgIpc) is 3.60. The van der Waals surface area contributed by atoms with E-state index >= 15 is 0 Å². The van der Waals surface area contributed by atoms with Gasteiger partial charge < -0.3 is 9.32 Å². The van der Waals surface area contributed by atoms with E-state index in [-0.39, 0.29) is 29.2 Å². The predicted octanol–water partition coefficient (Wildman–Crippen LogP) is 3.36. The van der Waals surface area contributed by atoms with Crippen LogP contribution in [-0.2, 0) is 17.6 Å². The molecule has 10 heteroatoms. The Balaban J connectivity index is 1.09. The first-order chi connectivity index (χ1) is 16.6. The summed E-state index contributed by atoms with van der Waals surface area (Å²) in [7, 11) is 0. The minimum Gasteiger partial charge on any atom is -0.420 e. The third kappa shape index (κ3) is 3.83.